The lowest BCUT2D eigenvalue weighted by Gasteiger charge is -2.05. The highest BCUT2D eigenvalue weighted by Gasteiger charge is 2.10. The maximum atomic E-state index is 12.4. The van der Waals surface area contributed by atoms with Gasteiger partial charge in [0.05, 0.1) is 17.2 Å². The third-order valence-electron chi connectivity index (χ3n) is 3.38. The molecule has 2 aromatic carbocycles. The van der Waals surface area contributed by atoms with Crippen LogP contribution in [0.2, 0.25) is 0 Å². The van der Waals surface area contributed by atoms with Gasteiger partial charge in [0, 0.05) is 6.42 Å². The van der Waals surface area contributed by atoms with E-state index in [9.17, 15) is 4.79 Å². The zero-order valence-corrected chi connectivity index (χ0v) is 12.1. The first-order chi connectivity index (χ1) is 10.1. The molecule has 0 atom stereocenters. The molecule has 0 aliphatic carbocycles. The smallest absolute Gasteiger partial charge is 0.187 e. The second-order valence-corrected chi connectivity index (χ2v) is 5.34. The molecule has 0 saturated heterocycles. The van der Waals surface area contributed by atoms with Crippen LogP contribution in [-0.4, -0.2) is 15.8 Å². The van der Waals surface area contributed by atoms with E-state index in [-0.39, 0.29) is 5.78 Å². The highest BCUT2D eigenvalue weighted by atomic mass is 16.1. The molecule has 3 rings (SSSR count). The average Bonchev–Trinajstić information content (AvgIpc) is 2.45. The fourth-order valence-corrected chi connectivity index (χ4v) is 2.54. The molecule has 0 N–H and O–H groups in total. The number of Topliss-reactive ketones (excluding diaryl/α,β-unsaturated/α-hetero) is 1. The summed E-state index contributed by atoms with van der Waals surface area (Å²) in [6, 6.07) is 13.8. The minimum Gasteiger partial charge on any atom is -0.292 e. The quantitative estimate of drug-likeness (QED) is 0.685. The van der Waals surface area contributed by atoms with Gasteiger partial charge in [-0.1, -0.05) is 41.5 Å². The summed E-state index contributed by atoms with van der Waals surface area (Å²) >= 11 is 0. The molecular weight excluding hydrogens is 260 g/mol. The van der Waals surface area contributed by atoms with Gasteiger partial charge in [0.15, 0.2) is 5.78 Å². The van der Waals surface area contributed by atoms with Crippen LogP contribution in [0, 0.1) is 13.8 Å². The van der Waals surface area contributed by atoms with Crippen molar-refractivity contribution in [3.63, 3.8) is 0 Å². The van der Waals surface area contributed by atoms with Gasteiger partial charge in [0.25, 0.3) is 0 Å². The van der Waals surface area contributed by atoms with Crippen LogP contribution in [0.3, 0.4) is 0 Å². The Morgan fingerprint density at radius 1 is 1.00 bits per heavy atom. The summed E-state index contributed by atoms with van der Waals surface area (Å²) in [4.78, 5) is 21.1. The summed E-state index contributed by atoms with van der Waals surface area (Å²) in [7, 11) is 0. The highest BCUT2D eigenvalue weighted by Crippen LogP contribution is 2.13. The van der Waals surface area contributed by atoms with Gasteiger partial charge in [-0.25, -0.2) is 4.98 Å². The van der Waals surface area contributed by atoms with E-state index < -0.39 is 0 Å². The standard InChI is InChI=1S/C18H16N2O/c1-12-7-13(2)9-14(8-12)10-18(21)17-11-19-15-5-3-4-6-16(15)20-17/h3-9,11H,10H2,1-2H3. The summed E-state index contributed by atoms with van der Waals surface area (Å²) in [6.45, 7) is 4.08. The number of fused-ring (bicyclic) bond motifs is 1. The molecule has 0 fully saturated rings. The molecule has 0 aliphatic heterocycles. The molecule has 0 aliphatic rings. The number of benzene rings is 2. The monoisotopic (exact) mass is 276 g/mol. The van der Waals surface area contributed by atoms with Crippen LogP contribution in [0.25, 0.3) is 11.0 Å². The van der Waals surface area contributed by atoms with Gasteiger partial charge in [-0.2, -0.15) is 0 Å². The van der Waals surface area contributed by atoms with Crippen molar-refractivity contribution in [1.29, 1.82) is 0 Å². The van der Waals surface area contributed by atoms with Gasteiger partial charge < -0.3 is 0 Å². The minimum atomic E-state index is -0.00162. The maximum absolute atomic E-state index is 12.4. The number of nitrogens with zero attached hydrogens (tertiary/aromatic N) is 2. The molecule has 0 amide bonds. The first-order valence-electron chi connectivity index (χ1n) is 6.94. The van der Waals surface area contributed by atoms with Gasteiger partial charge in [-0.05, 0) is 31.5 Å². The zero-order valence-electron chi connectivity index (χ0n) is 12.1. The molecule has 3 heteroatoms. The molecule has 3 aromatic rings. The Balaban J connectivity index is 1.89. The van der Waals surface area contributed by atoms with Crippen LogP contribution < -0.4 is 0 Å². The third kappa shape index (κ3) is 2.97. The predicted octanol–water partition coefficient (Wildman–Crippen LogP) is 3.67. The van der Waals surface area contributed by atoms with E-state index in [1.54, 1.807) is 6.20 Å². The number of carbonyl (C=O) groups is 1. The van der Waals surface area contributed by atoms with Gasteiger partial charge in [0.2, 0.25) is 0 Å². The van der Waals surface area contributed by atoms with Crippen molar-refractivity contribution in [3.05, 3.63) is 71.0 Å². The molecule has 1 heterocycles. The van der Waals surface area contributed by atoms with Crippen molar-refractivity contribution in [2.75, 3.05) is 0 Å². The second kappa shape index (κ2) is 5.44. The van der Waals surface area contributed by atoms with E-state index in [1.165, 1.54) is 11.1 Å². The van der Waals surface area contributed by atoms with Crippen molar-refractivity contribution in [2.45, 2.75) is 20.3 Å². The first-order valence-corrected chi connectivity index (χ1v) is 6.94. The zero-order chi connectivity index (χ0) is 14.8. The number of hydrogen-bond acceptors (Lipinski definition) is 3. The Hall–Kier alpha value is -2.55. The maximum Gasteiger partial charge on any atom is 0.187 e. The Morgan fingerprint density at radius 3 is 2.38 bits per heavy atom. The molecule has 0 radical (unpaired) electrons. The molecule has 3 nitrogen and oxygen atoms in total. The topological polar surface area (TPSA) is 42.9 Å². The second-order valence-electron chi connectivity index (χ2n) is 5.34. The number of ketones is 1. The predicted molar refractivity (Wildman–Crippen MR) is 83.5 cm³/mol. The van der Waals surface area contributed by atoms with Gasteiger partial charge >= 0.3 is 0 Å². The van der Waals surface area contributed by atoms with E-state index in [1.807, 2.05) is 50.2 Å². The Bertz CT molecular complexity index is 804. The van der Waals surface area contributed by atoms with Gasteiger partial charge in [0.1, 0.15) is 5.69 Å². The fourth-order valence-electron chi connectivity index (χ4n) is 2.54. The summed E-state index contributed by atoms with van der Waals surface area (Å²) in [5.41, 5.74) is 5.34. The number of para-hydroxylation sites is 2. The van der Waals surface area contributed by atoms with Crippen molar-refractivity contribution >= 4 is 16.8 Å². The van der Waals surface area contributed by atoms with E-state index in [0.717, 1.165) is 16.6 Å². The van der Waals surface area contributed by atoms with Crippen LogP contribution >= 0.6 is 0 Å². The number of hydrogen-bond donors (Lipinski definition) is 0. The molecule has 1 aromatic heterocycles. The van der Waals surface area contributed by atoms with E-state index >= 15 is 0 Å². The SMILES string of the molecule is Cc1cc(C)cc(CC(=O)c2cnc3ccccc3n2)c1. The van der Waals surface area contributed by atoms with Crippen molar-refractivity contribution in [2.24, 2.45) is 0 Å². The number of aryl methyl sites for hydroxylation is 2. The lowest BCUT2D eigenvalue weighted by molar-refractivity contribution is 0.0988. The number of aromatic nitrogens is 2. The lowest BCUT2D eigenvalue weighted by atomic mass is 10.0. The van der Waals surface area contributed by atoms with Crippen LogP contribution in [-0.2, 0) is 6.42 Å². The highest BCUT2D eigenvalue weighted by molar-refractivity contribution is 5.96. The van der Waals surface area contributed by atoms with Gasteiger partial charge in [-0.15, -0.1) is 0 Å². The van der Waals surface area contributed by atoms with Crippen molar-refractivity contribution < 1.29 is 4.79 Å². The Labute approximate surface area is 123 Å². The molecule has 0 saturated carbocycles. The summed E-state index contributed by atoms with van der Waals surface area (Å²) < 4.78 is 0. The van der Waals surface area contributed by atoms with Crippen LogP contribution in [0.1, 0.15) is 27.2 Å². The molecule has 0 spiro atoms. The first kappa shape index (κ1) is 13.4. The largest absolute Gasteiger partial charge is 0.292 e. The van der Waals surface area contributed by atoms with Crippen molar-refractivity contribution in [1.82, 2.24) is 9.97 Å². The molecule has 104 valence electrons. The summed E-state index contributed by atoms with van der Waals surface area (Å²) in [6.07, 6.45) is 1.92. The molecular formula is C18H16N2O. The third-order valence-corrected chi connectivity index (χ3v) is 3.38. The van der Waals surface area contributed by atoms with Gasteiger partial charge in [-0.3, -0.25) is 9.78 Å². The molecule has 0 bridgehead atoms. The number of rotatable bonds is 3. The summed E-state index contributed by atoms with van der Waals surface area (Å²) in [5.74, 6) is -0.00162. The van der Waals surface area contributed by atoms with E-state index in [0.29, 0.717) is 12.1 Å². The number of carbonyl (C=O) groups excluding carboxylic acids is 1. The van der Waals surface area contributed by atoms with Crippen molar-refractivity contribution in [3.8, 4) is 0 Å². The van der Waals surface area contributed by atoms with Crippen LogP contribution in [0.4, 0.5) is 0 Å². The van der Waals surface area contributed by atoms with E-state index in [2.05, 4.69) is 16.0 Å². The lowest BCUT2D eigenvalue weighted by Crippen LogP contribution is -2.07. The van der Waals surface area contributed by atoms with E-state index in [4.69, 9.17) is 0 Å². The molecule has 0 unspecified atom stereocenters. The fraction of sp³-hybridized carbons (Fsp3) is 0.167. The molecule has 21 heavy (non-hydrogen) atoms. The van der Waals surface area contributed by atoms with Crippen LogP contribution in [0.5, 0.6) is 0 Å². The Kier molecular flexibility index (Phi) is 3.48. The normalized spacial score (nSPS) is 10.8. The van der Waals surface area contributed by atoms with Crippen LogP contribution in [0.15, 0.2) is 48.7 Å². The average molecular weight is 276 g/mol. The Morgan fingerprint density at radius 2 is 1.67 bits per heavy atom. The summed E-state index contributed by atoms with van der Waals surface area (Å²) in [5, 5.41) is 0. The minimum absolute atomic E-state index is 0.00162.